The molecule has 2 fully saturated rings. The second-order valence-electron chi connectivity index (χ2n) is 7.80. The zero-order chi connectivity index (χ0) is 20.7. The van der Waals surface area contributed by atoms with E-state index in [1.165, 1.54) is 6.07 Å². The number of likely N-dealkylation sites (tertiary alicyclic amines) is 1. The summed E-state index contributed by atoms with van der Waals surface area (Å²) >= 11 is 0. The number of carbonyl (C=O) groups excluding carboxylic acids is 1. The number of benzene rings is 1. The molecule has 0 saturated carbocycles. The fourth-order valence-electron chi connectivity index (χ4n) is 4.56. The molecule has 2 aliphatic rings. The monoisotopic (exact) mass is 406 g/mol. The van der Waals surface area contributed by atoms with Crippen LogP contribution < -0.4 is 4.90 Å². The van der Waals surface area contributed by atoms with E-state index in [1.807, 2.05) is 33.7 Å². The van der Waals surface area contributed by atoms with Crippen LogP contribution in [0.25, 0.3) is 5.65 Å². The first kappa shape index (κ1) is 18.5. The molecule has 4 heterocycles. The van der Waals surface area contributed by atoms with Crippen molar-refractivity contribution in [1.29, 1.82) is 0 Å². The number of carbonyl (C=O) groups is 1. The van der Waals surface area contributed by atoms with Gasteiger partial charge >= 0.3 is 0 Å². The Bertz CT molecular complexity index is 1120. The topological polar surface area (TPSA) is 96.9 Å². The number of fused-ring (bicyclic) bond motifs is 1. The molecule has 3 aromatic rings. The number of nitro benzene ring substituents is 1. The van der Waals surface area contributed by atoms with Crippen molar-refractivity contribution in [3.63, 3.8) is 0 Å². The highest BCUT2D eigenvalue weighted by Gasteiger charge is 2.35. The van der Waals surface area contributed by atoms with Crippen molar-refractivity contribution >= 4 is 22.9 Å². The number of rotatable bonds is 4. The summed E-state index contributed by atoms with van der Waals surface area (Å²) in [5, 5.41) is 20.2. The molecular formula is C21H22N6O3. The van der Waals surface area contributed by atoms with Gasteiger partial charge in [0.2, 0.25) is 0 Å². The van der Waals surface area contributed by atoms with Crippen molar-refractivity contribution in [2.75, 3.05) is 24.5 Å². The van der Waals surface area contributed by atoms with Crippen LogP contribution in [0.15, 0.2) is 42.6 Å². The highest BCUT2D eigenvalue weighted by Crippen LogP contribution is 2.35. The number of hydrogen-bond donors (Lipinski definition) is 0. The summed E-state index contributed by atoms with van der Waals surface area (Å²) in [5.74, 6) is 0.515. The van der Waals surface area contributed by atoms with Gasteiger partial charge in [0.05, 0.1) is 11.0 Å². The van der Waals surface area contributed by atoms with Crippen LogP contribution in [0.3, 0.4) is 0 Å². The van der Waals surface area contributed by atoms with Gasteiger partial charge in [-0.1, -0.05) is 6.07 Å². The normalized spacial score (nSPS) is 19.0. The SMILES string of the molecule is O=C(c1ccc(N2CCCC2)c([N+](=O)[O-])c1)N1CCC[C@H]1c1nnc2ccccn12. The Morgan fingerprint density at radius 3 is 2.70 bits per heavy atom. The first-order chi connectivity index (χ1) is 14.6. The van der Waals surface area contributed by atoms with E-state index in [4.69, 9.17) is 0 Å². The summed E-state index contributed by atoms with van der Waals surface area (Å²) < 4.78 is 1.90. The van der Waals surface area contributed by atoms with Crippen molar-refractivity contribution in [3.8, 4) is 0 Å². The zero-order valence-electron chi connectivity index (χ0n) is 16.5. The first-order valence-corrected chi connectivity index (χ1v) is 10.3. The van der Waals surface area contributed by atoms with E-state index in [0.717, 1.165) is 50.2 Å². The third-order valence-corrected chi connectivity index (χ3v) is 6.02. The molecule has 1 atom stereocenters. The summed E-state index contributed by atoms with van der Waals surface area (Å²) in [5.41, 5.74) is 1.66. The van der Waals surface area contributed by atoms with Crippen LogP contribution in [0.4, 0.5) is 11.4 Å². The van der Waals surface area contributed by atoms with Crippen LogP contribution in [-0.2, 0) is 0 Å². The van der Waals surface area contributed by atoms with Crippen molar-refractivity contribution in [2.45, 2.75) is 31.7 Å². The maximum Gasteiger partial charge on any atom is 0.293 e. The lowest BCUT2D eigenvalue weighted by Crippen LogP contribution is -2.31. The van der Waals surface area contributed by atoms with E-state index >= 15 is 0 Å². The van der Waals surface area contributed by atoms with Crippen LogP contribution in [0, 0.1) is 10.1 Å². The van der Waals surface area contributed by atoms with E-state index in [-0.39, 0.29) is 17.6 Å². The van der Waals surface area contributed by atoms with E-state index in [1.54, 1.807) is 17.0 Å². The van der Waals surface area contributed by atoms with Crippen LogP contribution in [0.1, 0.15) is 47.9 Å². The largest absolute Gasteiger partial charge is 0.366 e. The van der Waals surface area contributed by atoms with Gasteiger partial charge in [-0.3, -0.25) is 19.3 Å². The smallest absolute Gasteiger partial charge is 0.293 e. The molecule has 0 aliphatic carbocycles. The molecule has 0 bridgehead atoms. The molecule has 2 aromatic heterocycles. The molecule has 0 spiro atoms. The Morgan fingerprint density at radius 2 is 1.90 bits per heavy atom. The standard InChI is InChI=1S/C21H22N6O3/c28-21(15-8-9-16(18(14-15)27(29)30)24-10-3-4-11-24)25-13-5-6-17(25)20-23-22-19-7-1-2-12-26(19)20/h1-2,7-9,12,14,17H,3-6,10-11,13H2/t17-/m0/s1. The minimum absolute atomic E-state index is 0.00794. The average molecular weight is 406 g/mol. The fraction of sp³-hybridized carbons (Fsp3) is 0.381. The molecule has 1 aromatic carbocycles. The third-order valence-electron chi connectivity index (χ3n) is 6.02. The van der Waals surface area contributed by atoms with Gasteiger partial charge in [0.15, 0.2) is 11.5 Å². The second kappa shape index (κ2) is 7.40. The Balaban J connectivity index is 1.47. The van der Waals surface area contributed by atoms with E-state index < -0.39 is 4.92 Å². The van der Waals surface area contributed by atoms with Crippen LogP contribution in [0.5, 0.6) is 0 Å². The summed E-state index contributed by atoms with van der Waals surface area (Å²) in [6, 6.07) is 10.3. The second-order valence-corrected chi connectivity index (χ2v) is 7.80. The molecule has 0 N–H and O–H groups in total. The van der Waals surface area contributed by atoms with Gasteiger partial charge in [-0.2, -0.15) is 0 Å². The molecular weight excluding hydrogens is 384 g/mol. The lowest BCUT2D eigenvalue weighted by atomic mass is 10.1. The summed E-state index contributed by atoms with van der Waals surface area (Å²) in [6.07, 6.45) is 5.59. The zero-order valence-corrected chi connectivity index (χ0v) is 16.5. The molecule has 5 rings (SSSR count). The number of pyridine rings is 1. The molecule has 9 nitrogen and oxygen atoms in total. The number of hydrogen-bond acceptors (Lipinski definition) is 6. The van der Waals surface area contributed by atoms with Gasteiger partial charge in [0, 0.05) is 37.5 Å². The number of anilines is 1. The van der Waals surface area contributed by atoms with Crippen molar-refractivity contribution in [2.24, 2.45) is 0 Å². The number of aromatic nitrogens is 3. The van der Waals surface area contributed by atoms with Crippen molar-refractivity contribution in [1.82, 2.24) is 19.5 Å². The first-order valence-electron chi connectivity index (χ1n) is 10.3. The quantitative estimate of drug-likeness (QED) is 0.487. The Morgan fingerprint density at radius 1 is 1.07 bits per heavy atom. The molecule has 1 amide bonds. The molecule has 2 aliphatic heterocycles. The lowest BCUT2D eigenvalue weighted by Gasteiger charge is -2.24. The maximum absolute atomic E-state index is 13.3. The van der Waals surface area contributed by atoms with Gasteiger partial charge in [0.1, 0.15) is 5.69 Å². The van der Waals surface area contributed by atoms with Crippen LogP contribution in [0.2, 0.25) is 0 Å². The third kappa shape index (κ3) is 3.06. The average Bonchev–Trinajstić information content (AvgIpc) is 3.52. The predicted octanol–water partition coefficient (Wildman–Crippen LogP) is 3.22. The molecule has 30 heavy (non-hydrogen) atoms. The fourth-order valence-corrected chi connectivity index (χ4v) is 4.56. The van der Waals surface area contributed by atoms with Crippen LogP contribution in [-0.4, -0.2) is 50.0 Å². The van der Waals surface area contributed by atoms with Gasteiger partial charge in [-0.05, 0) is 49.9 Å². The Hall–Kier alpha value is -3.49. The van der Waals surface area contributed by atoms with Gasteiger partial charge in [0.25, 0.3) is 11.6 Å². The maximum atomic E-state index is 13.3. The molecule has 154 valence electrons. The lowest BCUT2D eigenvalue weighted by molar-refractivity contribution is -0.384. The number of nitrogens with zero attached hydrogens (tertiary/aromatic N) is 6. The number of amides is 1. The summed E-state index contributed by atoms with van der Waals surface area (Å²) in [7, 11) is 0. The van der Waals surface area contributed by atoms with Crippen LogP contribution >= 0.6 is 0 Å². The molecule has 0 radical (unpaired) electrons. The van der Waals surface area contributed by atoms with E-state index in [2.05, 4.69) is 10.2 Å². The minimum Gasteiger partial charge on any atom is -0.366 e. The van der Waals surface area contributed by atoms with Gasteiger partial charge in [-0.25, -0.2) is 0 Å². The molecule has 9 heteroatoms. The highest BCUT2D eigenvalue weighted by molar-refractivity contribution is 5.96. The number of nitro groups is 1. The van der Waals surface area contributed by atoms with Gasteiger partial charge < -0.3 is 9.80 Å². The Kier molecular flexibility index (Phi) is 4.57. The summed E-state index contributed by atoms with van der Waals surface area (Å²) in [4.78, 5) is 28.4. The van der Waals surface area contributed by atoms with Gasteiger partial charge in [-0.15, -0.1) is 10.2 Å². The van der Waals surface area contributed by atoms with Crippen molar-refractivity contribution < 1.29 is 9.72 Å². The van der Waals surface area contributed by atoms with Crippen molar-refractivity contribution in [3.05, 3.63) is 64.1 Å². The van der Waals surface area contributed by atoms with E-state index in [0.29, 0.717) is 17.8 Å². The molecule has 0 unspecified atom stereocenters. The molecule has 2 saturated heterocycles. The minimum atomic E-state index is -0.391. The highest BCUT2D eigenvalue weighted by atomic mass is 16.6. The predicted molar refractivity (Wildman–Crippen MR) is 111 cm³/mol. The Labute approximate surface area is 173 Å². The summed E-state index contributed by atoms with van der Waals surface area (Å²) in [6.45, 7) is 2.21. The van der Waals surface area contributed by atoms with E-state index in [9.17, 15) is 14.9 Å².